The standard InChI is InChI=1S/C14H21NO2/c1-13(2)11-5-4-10(9-16)8-12(11)15-6-7-17-14(13,15)3/h4-5,10,16H,6-9H2,1-3H3. The molecule has 0 aromatic carbocycles. The summed E-state index contributed by atoms with van der Waals surface area (Å²) in [6.45, 7) is 8.74. The Bertz CT molecular complexity index is 410. The number of allylic oxidation sites excluding steroid dienone is 2. The Hall–Kier alpha value is -0.800. The number of aliphatic hydroxyl groups is 1. The fourth-order valence-electron chi connectivity index (χ4n) is 3.49. The van der Waals surface area contributed by atoms with Gasteiger partial charge in [0.05, 0.1) is 6.61 Å². The van der Waals surface area contributed by atoms with Crippen molar-refractivity contribution >= 4 is 0 Å². The molecule has 0 radical (unpaired) electrons. The molecule has 1 saturated heterocycles. The summed E-state index contributed by atoms with van der Waals surface area (Å²) in [5, 5.41) is 9.32. The lowest BCUT2D eigenvalue weighted by Crippen LogP contribution is -2.47. The Labute approximate surface area is 103 Å². The predicted octanol–water partition coefficient (Wildman–Crippen LogP) is 1.90. The number of hydrogen-bond acceptors (Lipinski definition) is 3. The Morgan fingerprint density at radius 3 is 2.94 bits per heavy atom. The fraction of sp³-hybridized carbons (Fsp3) is 0.714. The number of ether oxygens (including phenoxy) is 1. The molecule has 3 heteroatoms. The lowest BCUT2D eigenvalue weighted by atomic mass is 9.75. The summed E-state index contributed by atoms with van der Waals surface area (Å²) in [4.78, 5) is 2.41. The quantitative estimate of drug-likeness (QED) is 0.753. The molecule has 1 fully saturated rings. The number of aliphatic hydroxyl groups excluding tert-OH is 1. The van der Waals surface area contributed by atoms with Gasteiger partial charge in [0, 0.05) is 30.2 Å². The van der Waals surface area contributed by atoms with Crippen molar-refractivity contribution in [3.05, 3.63) is 23.4 Å². The van der Waals surface area contributed by atoms with Crippen molar-refractivity contribution in [3.8, 4) is 0 Å². The molecule has 0 spiro atoms. The number of hydrogen-bond donors (Lipinski definition) is 1. The van der Waals surface area contributed by atoms with E-state index in [1.165, 1.54) is 11.3 Å². The maximum Gasteiger partial charge on any atom is 0.147 e. The summed E-state index contributed by atoms with van der Waals surface area (Å²) in [5.74, 6) is 0.271. The second kappa shape index (κ2) is 3.36. The van der Waals surface area contributed by atoms with Gasteiger partial charge in [-0.25, -0.2) is 0 Å². The molecule has 3 nitrogen and oxygen atoms in total. The Morgan fingerprint density at radius 1 is 1.47 bits per heavy atom. The minimum atomic E-state index is -0.202. The van der Waals surface area contributed by atoms with Crippen LogP contribution in [0.1, 0.15) is 27.2 Å². The lowest BCUT2D eigenvalue weighted by Gasteiger charge is -2.40. The average Bonchev–Trinajstić information content (AvgIpc) is 2.77. The number of rotatable bonds is 1. The van der Waals surface area contributed by atoms with Gasteiger partial charge in [-0.1, -0.05) is 26.0 Å². The van der Waals surface area contributed by atoms with Gasteiger partial charge in [0.15, 0.2) is 0 Å². The molecule has 0 amide bonds. The molecule has 94 valence electrons. The van der Waals surface area contributed by atoms with E-state index in [2.05, 4.69) is 37.8 Å². The van der Waals surface area contributed by atoms with Crippen LogP contribution in [0.15, 0.2) is 23.4 Å². The molecular weight excluding hydrogens is 214 g/mol. The average molecular weight is 235 g/mol. The molecule has 2 heterocycles. The maximum absolute atomic E-state index is 9.32. The van der Waals surface area contributed by atoms with E-state index in [1.54, 1.807) is 0 Å². The van der Waals surface area contributed by atoms with Crippen molar-refractivity contribution in [2.24, 2.45) is 11.3 Å². The minimum Gasteiger partial charge on any atom is -0.396 e. The van der Waals surface area contributed by atoms with Gasteiger partial charge in [-0.2, -0.15) is 0 Å². The fourth-order valence-corrected chi connectivity index (χ4v) is 3.49. The van der Waals surface area contributed by atoms with E-state index < -0.39 is 0 Å². The van der Waals surface area contributed by atoms with Crippen LogP contribution in [0.25, 0.3) is 0 Å². The largest absolute Gasteiger partial charge is 0.396 e. The van der Waals surface area contributed by atoms with Crippen molar-refractivity contribution in [2.75, 3.05) is 19.8 Å². The first-order chi connectivity index (χ1) is 8.00. The van der Waals surface area contributed by atoms with Crippen LogP contribution < -0.4 is 0 Å². The van der Waals surface area contributed by atoms with Gasteiger partial charge < -0.3 is 14.7 Å². The smallest absolute Gasteiger partial charge is 0.147 e. The molecule has 0 aromatic heterocycles. The molecular formula is C14H21NO2. The molecule has 3 aliphatic rings. The minimum absolute atomic E-state index is 0.0236. The predicted molar refractivity (Wildman–Crippen MR) is 66.2 cm³/mol. The normalized spacial score (nSPS) is 38.6. The summed E-state index contributed by atoms with van der Waals surface area (Å²) in [6.07, 6.45) is 5.30. The molecule has 0 saturated carbocycles. The summed E-state index contributed by atoms with van der Waals surface area (Å²) < 4.78 is 6.03. The second-order valence-electron chi connectivity index (χ2n) is 5.97. The van der Waals surface area contributed by atoms with Crippen LogP contribution >= 0.6 is 0 Å². The SMILES string of the molecule is CC1(C)C2=C(CC(CO)C=C2)N2CCOC21C. The molecule has 0 bridgehead atoms. The van der Waals surface area contributed by atoms with E-state index in [9.17, 15) is 5.11 Å². The van der Waals surface area contributed by atoms with Crippen molar-refractivity contribution in [2.45, 2.75) is 32.9 Å². The van der Waals surface area contributed by atoms with Crippen LogP contribution in [-0.2, 0) is 4.74 Å². The van der Waals surface area contributed by atoms with E-state index in [0.717, 1.165) is 19.6 Å². The summed E-state index contributed by atoms with van der Waals surface area (Å²) >= 11 is 0. The van der Waals surface area contributed by atoms with Gasteiger partial charge in [0.25, 0.3) is 0 Å². The molecule has 1 aliphatic carbocycles. The van der Waals surface area contributed by atoms with Gasteiger partial charge in [-0.05, 0) is 18.9 Å². The third kappa shape index (κ3) is 1.24. The maximum atomic E-state index is 9.32. The highest BCUT2D eigenvalue weighted by atomic mass is 16.5. The number of fused-ring (bicyclic) bond motifs is 2. The van der Waals surface area contributed by atoms with Crippen LogP contribution in [0.5, 0.6) is 0 Å². The Kier molecular flexibility index (Phi) is 2.23. The molecule has 17 heavy (non-hydrogen) atoms. The van der Waals surface area contributed by atoms with Gasteiger partial charge >= 0.3 is 0 Å². The topological polar surface area (TPSA) is 32.7 Å². The molecule has 2 aliphatic heterocycles. The first kappa shape index (κ1) is 11.3. The summed E-state index contributed by atoms with van der Waals surface area (Å²) in [6, 6.07) is 0. The molecule has 3 rings (SSSR count). The van der Waals surface area contributed by atoms with Crippen LogP contribution in [0, 0.1) is 11.3 Å². The van der Waals surface area contributed by atoms with Gasteiger partial charge in [0.2, 0.25) is 0 Å². The van der Waals surface area contributed by atoms with E-state index in [0.29, 0.717) is 0 Å². The zero-order valence-corrected chi connectivity index (χ0v) is 10.9. The Balaban J connectivity index is 2.05. The second-order valence-corrected chi connectivity index (χ2v) is 5.97. The van der Waals surface area contributed by atoms with Gasteiger partial charge in [0.1, 0.15) is 5.72 Å². The first-order valence-corrected chi connectivity index (χ1v) is 6.45. The highest BCUT2D eigenvalue weighted by molar-refractivity contribution is 5.43. The third-order valence-electron chi connectivity index (χ3n) is 4.91. The van der Waals surface area contributed by atoms with Crippen molar-refractivity contribution < 1.29 is 9.84 Å². The summed E-state index contributed by atoms with van der Waals surface area (Å²) in [5.41, 5.74) is 2.60. The summed E-state index contributed by atoms with van der Waals surface area (Å²) in [7, 11) is 0. The van der Waals surface area contributed by atoms with E-state index >= 15 is 0 Å². The van der Waals surface area contributed by atoms with E-state index in [-0.39, 0.29) is 23.7 Å². The number of nitrogens with zero attached hydrogens (tertiary/aromatic N) is 1. The van der Waals surface area contributed by atoms with Crippen LogP contribution in [0.3, 0.4) is 0 Å². The highest BCUT2D eigenvalue weighted by Crippen LogP contribution is 2.56. The third-order valence-corrected chi connectivity index (χ3v) is 4.91. The monoisotopic (exact) mass is 235 g/mol. The van der Waals surface area contributed by atoms with E-state index in [4.69, 9.17) is 4.74 Å². The molecule has 2 atom stereocenters. The molecule has 1 N–H and O–H groups in total. The zero-order valence-electron chi connectivity index (χ0n) is 10.9. The van der Waals surface area contributed by atoms with Crippen molar-refractivity contribution in [1.82, 2.24) is 4.90 Å². The zero-order chi connectivity index (χ0) is 12.3. The Morgan fingerprint density at radius 2 is 2.24 bits per heavy atom. The van der Waals surface area contributed by atoms with Crippen LogP contribution in [0.4, 0.5) is 0 Å². The molecule has 2 unspecified atom stereocenters. The van der Waals surface area contributed by atoms with Crippen LogP contribution in [0.2, 0.25) is 0 Å². The van der Waals surface area contributed by atoms with E-state index in [1.807, 2.05) is 0 Å². The first-order valence-electron chi connectivity index (χ1n) is 6.45. The molecule has 0 aromatic rings. The highest BCUT2D eigenvalue weighted by Gasteiger charge is 2.58. The van der Waals surface area contributed by atoms with Gasteiger partial charge in [-0.3, -0.25) is 0 Å². The lowest BCUT2D eigenvalue weighted by molar-refractivity contribution is -0.105. The van der Waals surface area contributed by atoms with Crippen LogP contribution in [-0.4, -0.2) is 35.5 Å². The van der Waals surface area contributed by atoms with Gasteiger partial charge in [-0.15, -0.1) is 0 Å². The van der Waals surface area contributed by atoms with Crippen molar-refractivity contribution in [1.29, 1.82) is 0 Å². The van der Waals surface area contributed by atoms with Crippen molar-refractivity contribution in [3.63, 3.8) is 0 Å².